The molecule has 2 N–H and O–H groups in total. The number of hydrogen-bond donors (Lipinski definition) is 1. The van der Waals surface area contributed by atoms with Gasteiger partial charge in [-0.3, -0.25) is 0 Å². The molecule has 0 radical (unpaired) electrons. The Labute approximate surface area is 89.7 Å². The van der Waals surface area contributed by atoms with E-state index >= 15 is 0 Å². The molecule has 0 amide bonds. The van der Waals surface area contributed by atoms with Crippen LogP contribution in [0.5, 0.6) is 0 Å². The van der Waals surface area contributed by atoms with E-state index in [0.29, 0.717) is 17.4 Å². The predicted molar refractivity (Wildman–Crippen MR) is 60.5 cm³/mol. The molecule has 1 aromatic rings. The fourth-order valence-corrected chi connectivity index (χ4v) is 2.96. The molecule has 0 aliphatic heterocycles. The normalized spacial score (nSPS) is 31.6. The lowest BCUT2D eigenvalue weighted by Gasteiger charge is -2.40. The van der Waals surface area contributed by atoms with Crippen LogP contribution < -0.4 is 5.73 Å². The van der Waals surface area contributed by atoms with Gasteiger partial charge in [0.15, 0.2) is 0 Å². The van der Waals surface area contributed by atoms with Crippen LogP contribution in [-0.4, -0.2) is 10.4 Å². The van der Waals surface area contributed by atoms with Crippen molar-refractivity contribution in [3.05, 3.63) is 17.1 Å². The minimum absolute atomic E-state index is 0.365. The van der Waals surface area contributed by atoms with Crippen molar-refractivity contribution >= 4 is 11.5 Å². The van der Waals surface area contributed by atoms with Crippen LogP contribution in [0.15, 0.2) is 11.4 Å². The topological polar surface area (TPSA) is 38.9 Å². The molecule has 1 aromatic heterocycles. The van der Waals surface area contributed by atoms with Gasteiger partial charge in [-0.2, -0.15) is 4.37 Å². The van der Waals surface area contributed by atoms with Gasteiger partial charge in [-0.1, -0.05) is 13.8 Å². The molecular formula is C11H18N2S. The molecule has 0 saturated heterocycles. The smallest absolute Gasteiger partial charge is 0.0578 e. The SMILES string of the molecule is CC1(C)CCC(N)CC1c1ccsn1. The Kier molecular flexibility index (Phi) is 2.62. The highest BCUT2D eigenvalue weighted by Crippen LogP contribution is 2.45. The van der Waals surface area contributed by atoms with Crippen molar-refractivity contribution in [2.24, 2.45) is 11.1 Å². The standard InChI is InChI=1S/C11H18N2S/c1-11(2)5-3-8(12)7-9(11)10-4-6-14-13-10/h4,6,8-9H,3,5,7,12H2,1-2H3. The van der Waals surface area contributed by atoms with E-state index in [0.717, 1.165) is 12.8 Å². The lowest BCUT2D eigenvalue weighted by molar-refractivity contribution is 0.180. The van der Waals surface area contributed by atoms with E-state index in [-0.39, 0.29) is 0 Å². The maximum absolute atomic E-state index is 6.03. The first kappa shape index (κ1) is 10.1. The molecule has 2 rings (SSSR count). The van der Waals surface area contributed by atoms with Gasteiger partial charge in [0, 0.05) is 17.3 Å². The zero-order chi connectivity index (χ0) is 10.2. The van der Waals surface area contributed by atoms with Crippen LogP contribution in [-0.2, 0) is 0 Å². The first-order valence-corrected chi connectivity index (χ1v) is 6.09. The van der Waals surface area contributed by atoms with Crippen LogP contribution in [0.1, 0.15) is 44.7 Å². The molecule has 1 fully saturated rings. The van der Waals surface area contributed by atoms with E-state index in [9.17, 15) is 0 Å². The molecule has 1 aliphatic rings. The average molecular weight is 210 g/mol. The Morgan fingerprint density at radius 3 is 3.00 bits per heavy atom. The number of rotatable bonds is 1. The van der Waals surface area contributed by atoms with Crippen LogP contribution in [0.25, 0.3) is 0 Å². The van der Waals surface area contributed by atoms with Gasteiger partial charge in [-0.05, 0) is 42.3 Å². The Balaban J connectivity index is 2.22. The van der Waals surface area contributed by atoms with E-state index < -0.39 is 0 Å². The molecule has 3 heteroatoms. The predicted octanol–water partition coefficient (Wildman–Crippen LogP) is 2.76. The van der Waals surface area contributed by atoms with Gasteiger partial charge < -0.3 is 5.73 Å². The third-order valence-electron chi connectivity index (χ3n) is 3.46. The third-order valence-corrected chi connectivity index (χ3v) is 4.03. The highest BCUT2D eigenvalue weighted by molar-refractivity contribution is 7.03. The Bertz CT molecular complexity index is 292. The van der Waals surface area contributed by atoms with Gasteiger partial charge in [-0.25, -0.2) is 0 Å². The van der Waals surface area contributed by atoms with Crippen molar-refractivity contribution in [2.75, 3.05) is 0 Å². The van der Waals surface area contributed by atoms with Crippen LogP contribution in [0.3, 0.4) is 0 Å². The average Bonchev–Trinajstić information content (AvgIpc) is 2.62. The summed E-state index contributed by atoms with van der Waals surface area (Å²) in [5.41, 5.74) is 7.64. The zero-order valence-electron chi connectivity index (χ0n) is 8.86. The largest absolute Gasteiger partial charge is 0.328 e. The summed E-state index contributed by atoms with van der Waals surface area (Å²) in [6.45, 7) is 4.67. The maximum Gasteiger partial charge on any atom is 0.0578 e. The minimum atomic E-state index is 0.365. The second kappa shape index (κ2) is 3.63. The van der Waals surface area contributed by atoms with Crippen LogP contribution in [0, 0.1) is 5.41 Å². The molecule has 1 heterocycles. The van der Waals surface area contributed by atoms with Gasteiger partial charge in [0.05, 0.1) is 5.69 Å². The lowest BCUT2D eigenvalue weighted by atomic mass is 9.66. The maximum atomic E-state index is 6.03. The summed E-state index contributed by atoms with van der Waals surface area (Å²) in [4.78, 5) is 0. The van der Waals surface area contributed by atoms with Crippen molar-refractivity contribution in [3.8, 4) is 0 Å². The van der Waals surface area contributed by atoms with E-state index in [1.165, 1.54) is 12.1 Å². The molecule has 0 spiro atoms. The molecule has 14 heavy (non-hydrogen) atoms. The van der Waals surface area contributed by atoms with Crippen molar-refractivity contribution in [1.29, 1.82) is 0 Å². The summed E-state index contributed by atoms with van der Waals surface area (Å²) in [6, 6.07) is 2.52. The molecule has 2 atom stereocenters. The third kappa shape index (κ3) is 1.84. The van der Waals surface area contributed by atoms with E-state index in [1.807, 2.05) is 0 Å². The summed E-state index contributed by atoms with van der Waals surface area (Å²) in [7, 11) is 0. The lowest BCUT2D eigenvalue weighted by Crippen LogP contribution is -2.36. The molecule has 0 bridgehead atoms. The van der Waals surface area contributed by atoms with Gasteiger partial charge in [0.25, 0.3) is 0 Å². The van der Waals surface area contributed by atoms with Crippen molar-refractivity contribution in [1.82, 2.24) is 4.37 Å². The van der Waals surface area contributed by atoms with Crippen molar-refractivity contribution < 1.29 is 0 Å². The molecule has 0 aromatic carbocycles. The molecule has 2 nitrogen and oxygen atoms in total. The van der Waals surface area contributed by atoms with Gasteiger partial charge in [0.2, 0.25) is 0 Å². The van der Waals surface area contributed by atoms with E-state index in [4.69, 9.17) is 5.73 Å². The van der Waals surface area contributed by atoms with Gasteiger partial charge in [0.1, 0.15) is 0 Å². The Morgan fingerprint density at radius 2 is 2.36 bits per heavy atom. The molecule has 2 unspecified atom stereocenters. The van der Waals surface area contributed by atoms with E-state index in [1.54, 1.807) is 11.5 Å². The summed E-state index contributed by atoms with van der Waals surface area (Å²) in [6.07, 6.45) is 3.47. The van der Waals surface area contributed by atoms with Crippen LogP contribution >= 0.6 is 11.5 Å². The van der Waals surface area contributed by atoms with Crippen LogP contribution in [0.2, 0.25) is 0 Å². The second-order valence-electron chi connectivity index (χ2n) is 5.00. The summed E-state index contributed by atoms with van der Waals surface area (Å²) in [5, 5.41) is 2.06. The number of nitrogens with two attached hydrogens (primary N) is 1. The zero-order valence-corrected chi connectivity index (χ0v) is 9.68. The first-order chi connectivity index (χ1) is 6.59. The summed E-state index contributed by atoms with van der Waals surface area (Å²) in [5.74, 6) is 0.553. The minimum Gasteiger partial charge on any atom is -0.328 e. The van der Waals surface area contributed by atoms with Gasteiger partial charge in [-0.15, -0.1) is 0 Å². The summed E-state index contributed by atoms with van der Waals surface area (Å²) < 4.78 is 4.46. The number of hydrogen-bond acceptors (Lipinski definition) is 3. The van der Waals surface area contributed by atoms with Crippen molar-refractivity contribution in [3.63, 3.8) is 0 Å². The Hall–Kier alpha value is -0.410. The molecular weight excluding hydrogens is 192 g/mol. The fourth-order valence-electron chi connectivity index (χ4n) is 2.39. The second-order valence-corrected chi connectivity index (χ2v) is 5.67. The molecule has 1 saturated carbocycles. The highest BCUT2D eigenvalue weighted by Gasteiger charge is 2.37. The summed E-state index contributed by atoms with van der Waals surface area (Å²) >= 11 is 1.54. The highest BCUT2D eigenvalue weighted by atomic mass is 32.1. The van der Waals surface area contributed by atoms with E-state index in [2.05, 4.69) is 29.7 Å². The quantitative estimate of drug-likeness (QED) is 0.774. The first-order valence-electron chi connectivity index (χ1n) is 5.25. The molecule has 78 valence electrons. The molecule has 1 aliphatic carbocycles. The number of nitrogens with zero attached hydrogens (tertiary/aromatic N) is 1. The monoisotopic (exact) mass is 210 g/mol. The van der Waals surface area contributed by atoms with Crippen LogP contribution in [0.4, 0.5) is 0 Å². The van der Waals surface area contributed by atoms with Crippen molar-refractivity contribution in [2.45, 2.75) is 45.1 Å². The van der Waals surface area contributed by atoms with Gasteiger partial charge >= 0.3 is 0 Å². The number of aromatic nitrogens is 1. The fraction of sp³-hybridized carbons (Fsp3) is 0.727. The Morgan fingerprint density at radius 1 is 1.57 bits per heavy atom.